The smallest absolute Gasteiger partial charge is 0.224 e. The summed E-state index contributed by atoms with van der Waals surface area (Å²) in [6.45, 7) is 1.91. The van der Waals surface area contributed by atoms with Crippen LogP contribution >= 0.6 is 0 Å². The van der Waals surface area contributed by atoms with Crippen molar-refractivity contribution in [1.82, 2.24) is 5.32 Å². The first-order chi connectivity index (χ1) is 8.15. The minimum absolute atomic E-state index is 0.124. The van der Waals surface area contributed by atoms with Crippen LogP contribution in [0.1, 0.15) is 25.3 Å². The lowest BCUT2D eigenvalue weighted by Crippen LogP contribution is -2.35. The normalized spacial score (nSPS) is 11.6. The maximum Gasteiger partial charge on any atom is 0.224 e. The van der Waals surface area contributed by atoms with Gasteiger partial charge in [-0.2, -0.15) is 5.26 Å². The van der Waals surface area contributed by atoms with Gasteiger partial charge in [0.1, 0.15) is 5.82 Å². The molecule has 0 aliphatic carbocycles. The zero-order valence-corrected chi connectivity index (χ0v) is 9.74. The SMILES string of the molecule is CCC(CC#N)NC(=O)Cc1cccc(F)c1. The molecule has 1 amide bonds. The summed E-state index contributed by atoms with van der Waals surface area (Å²) in [4.78, 5) is 11.6. The highest BCUT2D eigenvalue weighted by molar-refractivity contribution is 5.78. The molecule has 0 heterocycles. The Labute approximate surface area is 100 Å². The van der Waals surface area contributed by atoms with Gasteiger partial charge in [0.05, 0.1) is 18.9 Å². The number of benzene rings is 1. The first-order valence-corrected chi connectivity index (χ1v) is 5.56. The molecule has 0 saturated heterocycles. The van der Waals surface area contributed by atoms with Crippen molar-refractivity contribution in [2.45, 2.75) is 32.2 Å². The summed E-state index contributed by atoms with van der Waals surface area (Å²) >= 11 is 0. The predicted octanol–water partition coefficient (Wildman–Crippen LogP) is 2.18. The third-order valence-corrected chi connectivity index (χ3v) is 2.45. The average molecular weight is 234 g/mol. The third kappa shape index (κ3) is 4.64. The molecule has 0 fully saturated rings. The number of nitrogens with one attached hydrogen (secondary N) is 1. The molecule has 1 rings (SSSR count). The molecule has 0 aromatic heterocycles. The van der Waals surface area contributed by atoms with E-state index in [4.69, 9.17) is 5.26 Å². The highest BCUT2D eigenvalue weighted by atomic mass is 19.1. The van der Waals surface area contributed by atoms with E-state index in [-0.39, 0.29) is 24.2 Å². The first kappa shape index (κ1) is 13.2. The molecule has 0 saturated carbocycles. The van der Waals surface area contributed by atoms with Crippen LogP contribution in [-0.2, 0) is 11.2 Å². The van der Waals surface area contributed by atoms with Crippen LogP contribution in [0.4, 0.5) is 4.39 Å². The zero-order chi connectivity index (χ0) is 12.7. The summed E-state index contributed by atoms with van der Waals surface area (Å²) in [5.74, 6) is -0.530. The molecule has 0 aliphatic heterocycles. The molecular formula is C13H15FN2O. The fraction of sp³-hybridized carbons (Fsp3) is 0.385. The summed E-state index contributed by atoms with van der Waals surface area (Å²) < 4.78 is 12.9. The number of amides is 1. The van der Waals surface area contributed by atoms with Crippen molar-refractivity contribution < 1.29 is 9.18 Å². The van der Waals surface area contributed by atoms with E-state index >= 15 is 0 Å². The number of nitrogens with zero attached hydrogens (tertiary/aromatic N) is 1. The largest absolute Gasteiger partial charge is 0.352 e. The molecule has 0 aliphatic rings. The van der Waals surface area contributed by atoms with E-state index in [1.807, 2.05) is 13.0 Å². The number of carbonyl (C=O) groups excluding carboxylic acids is 1. The van der Waals surface area contributed by atoms with E-state index < -0.39 is 0 Å². The van der Waals surface area contributed by atoms with Gasteiger partial charge in [0.2, 0.25) is 5.91 Å². The Morgan fingerprint density at radius 3 is 2.94 bits per heavy atom. The van der Waals surface area contributed by atoms with Gasteiger partial charge in [-0.3, -0.25) is 4.79 Å². The molecule has 17 heavy (non-hydrogen) atoms. The molecule has 0 radical (unpaired) electrons. The topological polar surface area (TPSA) is 52.9 Å². The lowest BCUT2D eigenvalue weighted by molar-refractivity contribution is -0.121. The van der Waals surface area contributed by atoms with Gasteiger partial charge in [0.15, 0.2) is 0 Å². The first-order valence-electron chi connectivity index (χ1n) is 5.56. The van der Waals surface area contributed by atoms with Crippen molar-refractivity contribution in [3.05, 3.63) is 35.6 Å². The maximum atomic E-state index is 12.9. The van der Waals surface area contributed by atoms with E-state index in [0.29, 0.717) is 18.4 Å². The zero-order valence-electron chi connectivity index (χ0n) is 9.74. The van der Waals surface area contributed by atoms with E-state index in [1.54, 1.807) is 12.1 Å². The molecular weight excluding hydrogens is 219 g/mol. The lowest BCUT2D eigenvalue weighted by Gasteiger charge is -2.13. The minimum atomic E-state index is -0.348. The van der Waals surface area contributed by atoms with Crippen molar-refractivity contribution in [2.24, 2.45) is 0 Å². The minimum Gasteiger partial charge on any atom is -0.352 e. The van der Waals surface area contributed by atoms with Gasteiger partial charge in [-0.05, 0) is 24.1 Å². The Morgan fingerprint density at radius 2 is 2.35 bits per heavy atom. The standard InChI is InChI=1S/C13H15FN2O/c1-2-12(6-7-15)16-13(17)9-10-4-3-5-11(14)8-10/h3-5,8,12H,2,6,9H2,1H3,(H,16,17). The van der Waals surface area contributed by atoms with Crippen LogP contribution in [0.2, 0.25) is 0 Å². The second-order valence-corrected chi connectivity index (χ2v) is 3.84. The van der Waals surface area contributed by atoms with Crippen LogP contribution in [0.25, 0.3) is 0 Å². The summed E-state index contributed by atoms with van der Waals surface area (Å²) in [6, 6.07) is 7.85. The van der Waals surface area contributed by atoms with Crippen molar-refractivity contribution in [3.63, 3.8) is 0 Å². The second-order valence-electron chi connectivity index (χ2n) is 3.84. The summed E-state index contributed by atoms with van der Waals surface area (Å²) in [7, 11) is 0. The van der Waals surface area contributed by atoms with Gasteiger partial charge in [-0.1, -0.05) is 19.1 Å². The Hall–Kier alpha value is -1.89. The van der Waals surface area contributed by atoms with Gasteiger partial charge >= 0.3 is 0 Å². The Morgan fingerprint density at radius 1 is 1.59 bits per heavy atom. The maximum absolute atomic E-state index is 12.9. The van der Waals surface area contributed by atoms with E-state index in [1.165, 1.54) is 12.1 Å². The Kier molecular flexibility index (Phi) is 5.15. The van der Waals surface area contributed by atoms with Crippen LogP contribution in [0.3, 0.4) is 0 Å². The number of hydrogen-bond donors (Lipinski definition) is 1. The second kappa shape index (κ2) is 6.64. The Bertz CT molecular complexity index is 426. The molecule has 1 aromatic rings. The third-order valence-electron chi connectivity index (χ3n) is 2.45. The molecule has 1 aromatic carbocycles. The summed E-state index contributed by atoms with van der Waals surface area (Å²) in [6.07, 6.45) is 1.15. The van der Waals surface area contributed by atoms with Gasteiger partial charge in [0, 0.05) is 6.04 Å². The summed E-state index contributed by atoms with van der Waals surface area (Å²) in [5.41, 5.74) is 0.634. The molecule has 1 atom stereocenters. The van der Waals surface area contributed by atoms with E-state index in [9.17, 15) is 9.18 Å². The van der Waals surface area contributed by atoms with Crippen LogP contribution in [-0.4, -0.2) is 11.9 Å². The number of hydrogen-bond acceptors (Lipinski definition) is 2. The van der Waals surface area contributed by atoms with Gasteiger partial charge in [0.25, 0.3) is 0 Å². The highest BCUT2D eigenvalue weighted by Crippen LogP contribution is 2.05. The van der Waals surface area contributed by atoms with Crippen LogP contribution in [0.15, 0.2) is 24.3 Å². The number of nitriles is 1. The number of carbonyl (C=O) groups is 1. The monoisotopic (exact) mass is 234 g/mol. The molecule has 1 N–H and O–H groups in total. The van der Waals surface area contributed by atoms with Gasteiger partial charge in [-0.25, -0.2) is 4.39 Å². The van der Waals surface area contributed by atoms with E-state index in [0.717, 1.165) is 0 Å². The molecule has 90 valence electrons. The van der Waals surface area contributed by atoms with Gasteiger partial charge < -0.3 is 5.32 Å². The average Bonchev–Trinajstić information content (AvgIpc) is 2.28. The lowest BCUT2D eigenvalue weighted by atomic mass is 10.1. The fourth-order valence-electron chi connectivity index (χ4n) is 1.52. The number of halogens is 1. The van der Waals surface area contributed by atoms with Crippen LogP contribution in [0, 0.1) is 17.1 Å². The van der Waals surface area contributed by atoms with Crippen molar-refractivity contribution in [2.75, 3.05) is 0 Å². The number of rotatable bonds is 5. The Balaban J connectivity index is 2.52. The van der Waals surface area contributed by atoms with Crippen LogP contribution < -0.4 is 5.32 Å². The summed E-state index contributed by atoms with van der Waals surface area (Å²) in [5, 5.41) is 11.3. The molecule has 0 spiro atoms. The van der Waals surface area contributed by atoms with Crippen molar-refractivity contribution in [1.29, 1.82) is 5.26 Å². The van der Waals surface area contributed by atoms with E-state index in [2.05, 4.69) is 5.32 Å². The molecule has 0 bridgehead atoms. The predicted molar refractivity (Wildman–Crippen MR) is 62.6 cm³/mol. The molecule has 4 heteroatoms. The van der Waals surface area contributed by atoms with Crippen molar-refractivity contribution >= 4 is 5.91 Å². The molecule has 3 nitrogen and oxygen atoms in total. The van der Waals surface area contributed by atoms with Gasteiger partial charge in [-0.15, -0.1) is 0 Å². The quantitative estimate of drug-likeness (QED) is 0.848. The van der Waals surface area contributed by atoms with Crippen LogP contribution in [0.5, 0.6) is 0 Å². The van der Waals surface area contributed by atoms with Crippen molar-refractivity contribution in [3.8, 4) is 6.07 Å². The molecule has 1 unspecified atom stereocenters. The fourth-order valence-corrected chi connectivity index (χ4v) is 1.52. The highest BCUT2D eigenvalue weighted by Gasteiger charge is 2.10.